The molecule has 0 saturated heterocycles. The standard InChI is InChI=1S/C8H9N7OS/c1-15-4-12-13-8(15)17-6-3-10-5(2-11-6)7(9)14-16/h2-4,16H,1H3,(H2,9,14). The third-order valence-corrected chi connectivity index (χ3v) is 2.84. The fraction of sp³-hybridized carbons (Fsp3) is 0.125. The lowest BCUT2D eigenvalue weighted by Crippen LogP contribution is -2.15. The first-order valence-electron chi connectivity index (χ1n) is 4.52. The first-order valence-corrected chi connectivity index (χ1v) is 5.34. The Hall–Kier alpha value is -2.16. The number of rotatable bonds is 3. The molecule has 0 spiro atoms. The largest absolute Gasteiger partial charge is 0.409 e. The van der Waals surface area contributed by atoms with E-state index in [1.807, 2.05) is 7.05 Å². The molecule has 9 heteroatoms. The lowest BCUT2D eigenvalue weighted by atomic mass is 10.4. The molecule has 0 atom stereocenters. The Balaban J connectivity index is 2.17. The normalized spacial score (nSPS) is 11.7. The van der Waals surface area contributed by atoms with Crippen molar-refractivity contribution in [1.82, 2.24) is 24.7 Å². The average molecular weight is 251 g/mol. The SMILES string of the molecule is Cn1cnnc1Sc1cnc(C(N)=NO)cn1. The first-order chi connectivity index (χ1) is 8.20. The molecule has 17 heavy (non-hydrogen) atoms. The second kappa shape index (κ2) is 4.78. The third kappa shape index (κ3) is 2.50. The summed E-state index contributed by atoms with van der Waals surface area (Å²) in [6.07, 6.45) is 4.54. The summed E-state index contributed by atoms with van der Waals surface area (Å²) in [5.74, 6) is -0.0762. The van der Waals surface area contributed by atoms with Crippen LogP contribution in [0.1, 0.15) is 5.69 Å². The quantitative estimate of drug-likeness (QED) is 0.337. The maximum absolute atomic E-state index is 8.47. The van der Waals surface area contributed by atoms with Crippen LogP contribution in [0.5, 0.6) is 0 Å². The molecule has 0 bridgehead atoms. The van der Waals surface area contributed by atoms with E-state index in [0.717, 1.165) is 0 Å². The minimum absolute atomic E-state index is 0.0762. The second-order valence-electron chi connectivity index (χ2n) is 3.05. The van der Waals surface area contributed by atoms with Gasteiger partial charge in [0.05, 0.1) is 12.4 Å². The predicted octanol–water partition coefficient (Wildman–Crippen LogP) is -0.149. The zero-order valence-electron chi connectivity index (χ0n) is 8.85. The van der Waals surface area contributed by atoms with E-state index < -0.39 is 0 Å². The van der Waals surface area contributed by atoms with Crippen molar-refractivity contribution in [3.8, 4) is 0 Å². The molecular formula is C8H9N7OS. The summed E-state index contributed by atoms with van der Waals surface area (Å²) >= 11 is 1.32. The van der Waals surface area contributed by atoms with Crippen LogP contribution in [0, 0.1) is 0 Å². The highest BCUT2D eigenvalue weighted by Crippen LogP contribution is 2.21. The maximum Gasteiger partial charge on any atom is 0.197 e. The number of oxime groups is 1. The number of nitrogens with two attached hydrogens (primary N) is 1. The van der Waals surface area contributed by atoms with Crippen molar-refractivity contribution >= 4 is 17.6 Å². The molecule has 2 aromatic rings. The number of hydrogen-bond acceptors (Lipinski definition) is 7. The monoisotopic (exact) mass is 251 g/mol. The molecule has 88 valence electrons. The van der Waals surface area contributed by atoms with Gasteiger partial charge in [-0.1, -0.05) is 5.16 Å². The molecule has 2 heterocycles. The van der Waals surface area contributed by atoms with Crippen LogP contribution in [0.15, 0.2) is 34.1 Å². The van der Waals surface area contributed by atoms with Gasteiger partial charge in [-0.2, -0.15) is 0 Å². The lowest BCUT2D eigenvalue weighted by Gasteiger charge is -2.00. The summed E-state index contributed by atoms with van der Waals surface area (Å²) in [6.45, 7) is 0. The number of hydrogen-bond donors (Lipinski definition) is 2. The lowest BCUT2D eigenvalue weighted by molar-refractivity contribution is 0.318. The van der Waals surface area contributed by atoms with E-state index in [0.29, 0.717) is 15.9 Å². The van der Waals surface area contributed by atoms with Crippen LogP contribution in [-0.4, -0.2) is 35.8 Å². The Morgan fingerprint density at radius 3 is 2.82 bits per heavy atom. The molecule has 0 aromatic carbocycles. The smallest absolute Gasteiger partial charge is 0.197 e. The highest BCUT2D eigenvalue weighted by molar-refractivity contribution is 7.99. The van der Waals surface area contributed by atoms with Crippen LogP contribution in [0.4, 0.5) is 0 Å². The van der Waals surface area contributed by atoms with E-state index in [1.165, 1.54) is 24.2 Å². The summed E-state index contributed by atoms with van der Waals surface area (Å²) in [5, 5.41) is 20.3. The van der Waals surface area contributed by atoms with Crippen molar-refractivity contribution in [2.24, 2.45) is 17.9 Å². The summed E-state index contributed by atoms with van der Waals surface area (Å²) in [5.41, 5.74) is 5.68. The second-order valence-corrected chi connectivity index (χ2v) is 4.04. The van der Waals surface area contributed by atoms with E-state index in [9.17, 15) is 0 Å². The van der Waals surface area contributed by atoms with Crippen molar-refractivity contribution in [1.29, 1.82) is 0 Å². The fourth-order valence-corrected chi connectivity index (χ4v) is 1.69. The molecule has 0 fully saturated rings. The Morgan fingerprint density at radius 1 is 1.47 bits per heavy atom. The van der Waals surface area contributed by atoms with Crippen molar-refractivity contribution in [2.45, 2.75) is 10.2 Å². The highest BCUT2D eigenvalue weighted by atomic mass is 32.2. The van der Waals surface area contributed by atoms with Crippen LogP contribution in [0.2, 0.25) is 0 Å². The number of aryl methyl sites for hydroxylation is 1. The number of nitrogens with zero attached hydrogens (tertiary/aromatic N) is 6. The molecule has 0 unspecified atom stereocenters. The fourth-order valence-electron chi connectivity index (χ4n) is 1.01. The van der Waals surface area contributed by atoms with Crippen molar-refractivity contribution < 1.29 is 5.21 Å². The summed E-state index contributed by atoms with van der Waals surface area (Å²) in [7, 11) is 1.83. The molecule has 0 radical (unpaired) electrons. The average Bonchev–Trinajstić information content (AvgIpc) is 2.75. The van der Waals surface area contributed by atoms with Gasteiger partial charge in [0.15, 0.2) is 11.0 Å². The summed E-state index contributed by atoms with van der Waals surface area (Å²) in [4.78, 5) is 8.11. The molecule has 0 aliphatic rings. The van der Waals surface area contributed by atoms with E-state index in [2.05, 4.69) is 25.3 Å². The van der Waals surface area contributed by atoms with Gasteiger partial charge in [-0.15, -0.1) is 10.2 Å². The van der Waals surface area contributed by atoms with Crippen molar-refractivity contribution in [3.05, 3.63) is 24.4 Å². The topological polar surface area (TPSA) is 115 Å². The van der Waals surface area contributed by atoms with Gasteiger partial charge >= 0.3 is 0 Å². The zero-order chi connectivity index (χ0) is 12.3. The highest BCUT2D eigenvalue weighted by Gasteiger charge is 2.06. The summed E-state index contributed by atoms with van der Waals surface area (Å²) in [6, 6.07) is 0. The van der Waals surface area contributed by atoms with Crippen LogP contribution in [-0.2, 0) is 7.05 Å². The minimum Gasteiger partial charge on any atom is -0.409 e. The van der Waals surface area contributed by atoms with E-state index in [-0.39, 0.29) is 5.84 Å². The van der Waals surface area contributed by atoms with E-state index >= 15 is 0 Å². The molecule has 3 N–H and O–H groups in total. The molecule has 0 aliphatic heterocycles. The third-order valence-electron chi connectivity index (χ3n) is 1.86. The van der Waals surface area contributed by atoms with Gasteiger partial charge in [-0.25, -0.2) is 9.97 Å². The Bertz CT molecular complexity index is 535. The van der Waals surface area contributed by atoms with Gasteiger partial charge in [0.25, 0.3) is 0 Å². The molecule has 0 amide bonds. The van der Waals surface area contributed by atoms with Gasteiger partial charge in [-0.05, 0) is 11.8 Å². The van der Waals surface area contributed by atoms with Crippen molar-refractivity contribution in [2.75, 3.05) is 0 Å². The predicted molar refractivity (Wildman–Crippen MR) is 59.7 cm³/mol. The maximum atomic E-state index is 8.47. The van der Waals surface area contributed by atoms with Gasteiger partial charge in [0.2, 0.25) is 0 Å². The number of amidine groups is 1. The minimum atomic E-state index is -0.0762. The molecule has 0 saturated carbocycles. The molecule has 0 aliphatic carbocycles. The van der Waals surface area contributed by atoms with Crippen molar-refractivity contribution in [3.63, 3.8) is 0 Å². The van der Waals surface area contributed by atoms with Crippen LogP contribution >= 0.6 is 11.8 Å². The van der Waals surface area contributed by atoms with Gasteiger partial charge in [0, 0.05) is 7.05 Å². The molecule has 2 rings (SSSR count). The molecule has 8 nitrogen and oxygen atoms in total. The zero-order valence-corrected chi connectivity index (χ0v) is 9.66. The van der Waals surface area contributed by atoms with Gasteiger partial charge < -0.3 is 15.5 Å². The molecular weight excluding hydrogens is 242 g/mol. The van der Waals surface area contributed by atoms with E-state index in [1.54, 1.807) is 10.9 Å². The van der Waals surface area contributed by atoms with Crippen LogP contribution in [0.3, 0.4) is 0 Å². The molecule has 2 aromatic heterocycles. The van der Waals surface area contributed by atoms with Gasteiger partial charge in [-0.3, -0.25) is 0 Å². The Labute approximate surface area is 101 Å². The van der Waals surface area contributed by atoms with Crippen LogP contribution < -0.4 is 5.73 Å². The Morgan fingerprint density at radius 2 is 2.29 bits per heavy atom. The first kappa shape index (κ1) is 11.3. The van der Waals surface area contributed by atoms with Crippen LogP contribution in [0.25, 0.3) is 0 Å². The Kier molecular flexibility index (Phi) is 3.19. The van der Waals surface area contributed by atoms with Gasteiger partial charge in [0.1, 0.15) is 17.0 Å². The summed E-state index contributed by atoms with van der Waals surface area (Å²) < 4.78 is 1.77. The van der Waals surface area contributed by atoms with E-state index in [4.69, 9.17) is 10.9 Å². The number of aromatic nitrogens is 5.